The van der Waals surface area contributed by atoms with Gasteiger partial charge in [0.25, 0.3) is 0 Å². The molecule has 14 heteroatoms. The highest BCUT2D eigenvalue weighted by Gasteiger charge is 2.51. The van der Waals surface area contributed by atoms with E-state index in [4.69, 9.17) is 18.9 Å². The number of amides is 1. The van der Waals surface area contributed by atoms with Crippen LogP contribution >= 0.6 is 0 Å². The Morgan fingerprint density at radius 2 is 0.787 bits per heavy atom. The average molecular weight is 1260 g/mol. The number of rotatable bonds is 59. The Morgan fingerprint density at radius 1 is 0.416 bits per heavy atom. The van der Waals surface area contributed by atoms with Crippen LogP contribution in [0.25, 0.3) is 0 Å². The number of ether oxygens (including phenoxy) is 4. The van der Waals surface area contributed by atoms with Crippen molar-refractivity contribution in [1.29, 1.82) is 0 Å². The lowest BCUT2D eigenvalue weighted by atomic mass is 9.97. The Labute approximate surface area is 541 Å². The van der Waals surface area contributed by atoms with E-state index in [1.54, 1.807) is 6.08 Å². The molecule has 2 fully saturated rings. The van der Waals surface area contributed by atoms with Gasteiger partial charge in [-0.15, -0.1) is 0 Å². The van der Waals surface area contributed by atoms with E-state index < -0.39 is 86.8 Å². The van der Waals surface area contributed by atoms with Crippen molar-refractivity contribution in [3.8, 4) is 0 Å². The molecule has 2 aliphatic heterocycles. The summed E-state index contributed by atoms with van der Waals surface area (Å²) in [6.07, 6.45) is 65.0. The van der Waals surface area contributed by atoms with Crippen molar-refractivity contribution < 1.29 is 64.6 Å². The molecule has 2 saturated heterocycles. The smallest absolute Gasteiger partial charge is 0.220 e. The minimum atomic E-state index is -1.80. The highest BCUT2D eigenvalue weighted by Crippen LogP contribution is 2.30. The normalized spacial score (nSPS) is 23.5. The number of hydrogen-bond donors (Lipinski definition) is 9. The van der Waals surface area contributed by atoms with Crippen molar-refractivity contribution in [2.45, 2.75) is 364 Å². The molecule has 2 rings (SSSR count). The van der Waals surface area contributed by atoms with E-state index in [0.717, 1.165) is 70.6 Å². The van der Waals surface area contributed by atoms with Crippen molar-refractivity contribution in [3.05, 3.63) is 85.1 Å². The van der Waals surface area contributed by atoms with Gasteiger partial charge in [0.1, 0.15) is 48.8 Å². The summed E-state index contributed by atoms with van der Waals surface area (Å²) in [5, 5.41) is 87.5. The largest absolute Gasteiger partial charge is 0.394 e. The van der Waals surface area contributed by atoms with Crippen molar-refractivity contribution >= 4 is 5.91 Å². The van der Waals surface area contributed by atoms with Crippen LogP contribution in [-0.2, 0) is 23.7 Å². The number of nitrogens with one attached hydrogen (secondary N) is 1. The Kier molecular flexibility index (Phi) is 54.5. The van der Waals surface area contributed by atoms with Gasteiger partial charge in [0, 0.05) is 6.42 Å². The van der Waals surface area contributed by atoms with Crippen LogP contribution in [0.15, 0.2) is 85.1 Å². The molecule has 0 bridgehead atoms. The molecule has 0 aromatic heterocycles. The number of carbonyl (C=O) groups excluding carboxylic acids is 1. The van der Waals surface area contributed by atoms with Crippen molar-refractivity contribution in [2.75, 3.05) is 19.8 Å². The molecule has 2 aliphatic rings. The number of aliphatic hydroxyl groups is 8. The predicted octanol–water partition coefficient (Wildman–Crippen LogP) is 15.2. The van der Waals surface area contributed by atoms with E-state index in [9.17, 15) is 45.6 Å². The highest BCUT2D eigenvalue weighted by molar-refractivity contribution is 5.76. The fourth-order valence-electron chi connectivity index (χ4n) is 11.6. The minimum Gasteiger partial charge on any atom is -0.394 e. The molecule has 0 radical (unpaired) electrons. The quantitative estimate of drug-likeness (QED) is 0.0204. The maximum Gasteiger partial charge on any atom is 0.220 e. The van der Waals surface area contributed by atoms with E-state index in [2.05, 4.69) is 92.1 Å². The SMILES string of the molecule is CC/C=C\C/C=C\C/C=C\C/C=C\CCCCCCCCCCCCCCCCCCC(=O)NC(COC1OC(CO)C(OC2OC(CO)C(O)C(O)C2O)C(O)C1O)C(O)/C=C/CC/C=C/CC/C=C/CCCCCCCCCCCCCCCCCC. The summed E-state index contributed by atoms with van der Waals surface area (Å²) >= 11 is 0. The van der Waals surface area contributed by atoms with Gasteiger partial charge in [0.2, 0.25) is 5.91 Å². The standard InChI is InChI=1S/C75H133NO13/c1-3-5-7-9-11-13-15-17-19-21-23-25-27-29-31-32-33-35-37-39-41-43-45-47-49-51-53-55-57-59-67(80)76-63(62-86-74-72(85)70(83)73(66(61-78)88-74)89-75-71(84)69(82)68(81)65(60-77)87-75)64(79)58-56-54-52-50-48-46-44-42-40-38-36-34-30-28-26-24-22-20-18-16-14-12-10-8-6-4-2/h5,7,11,13,17,19,23,25,40,42,48,50,56,58,63-66,68-75,77-79,81-85H,3-4,6,8-10,12,14-16,18,20-22,24,26-39,41,43-47,49,51-55,57,59-62H2,1-2H3,(H,76,80)/b7-5-,13-11-,19-17-,25-23-,42-40+,50-48+,58-56+. The summed E-state index contributed by atoms with van der Waals surface area (Å²) in [5.74, 6) is -0.253. The van der Waals surface area contributed by atoms with Gasteiger partial charge < -0.3 is 65.1 Å². The lowest BCUT2D eigenvalue weighted by molar-refractivity contribution is -0.359. The van der Waals surface area contributed by atoms with Crippen molar-refractivity contribution in [2.24, 2.45) is 0 Å². The molecule has 14 nitrogen and oxygen atoms in total. The number of carbonyl (C=O) groups is 1. The van der Waals surface area contributed by atoms with E-state index in [1.165, 1.54) is 186 Å². The van der Waals surface area contributed by atoms with Crippen LogP contribution in [0.3, 0.4) is 0 Å². The summed E-state index contributed by atoms with van der Waals surface area (Å²) < 4.78 is 22.8. The lowest BCUT2D eigenvalue weighted by Crippen LogP contribution is -2.65. The molecular weight excluding hydrogens is 1120 g/mol. The molecule has 89 heavy (non-hydrogen) atoms. The molecule has 0 aliphatic carbocycles. The lowest BCUT2D eigenvalue weighted by Gasteiger charge is -2.46. The van der Waals surface area contributed by atoms with Gasteiger partial charge in [0.15, 0.2) is 12.6 Å². The van der Waals surface area contributed by atoms with E-state index in [0.29, 0.717) is 12.8 Å². The first kappa shape index (κ1) is 82.3. The van der Waals surface area contributed by atoms with Crippen LogP contribution < -0.4 is 5.32 Å². The van der Waals surface area contributed by atoms with Crippen LogP contribution in [0, 0.1) is 0 Å². The van der Waals surface area contributed by atoms with Gasteiger partial charge in [-0.3, -0.25) is 4.79 Å². The van der Waals surface area contributed by atoms with E-state index >= 15 is 0 Å². The maximum absolute atomic E-state index is 13.3. The summed E-state index contributed by atoms with van der Waals surface area (Å²) in [7, 11) is 0. The first-order valence-electron chi connectivity index (χ1n) is 36.3. The minimum absolute atomic E-state index is 0.253. The molecule has 12 unspecified atom stereocenters. The fraction of sp³-hybridized carbons (Fsp3) is 0.800. The van der Waals surface area contributed by atoms with Gasteiger partial charge in [-0.05, 0) is 83.5 Å². The fourth-order valence-corrected chi connectivity index (χ4v) is 11.6. The zero-order chi connectivity index (χ0) is 64.5. The van der Waals surface area contributed by atoms with Crippen LogP contribution in [0.2, 0.25) is 0 Å². The predicted molar refractivity (Wildman–Crippen MR) is 364 cm³/mol. The molecule has 12 atom stereocenters. The third-order valence-electron chi connectivity index (χ3n) is 17.3. The zero-order valence-corrected chi connectivity index (χ0v) is 56.2. The highest BCUT2D eigenvalue weighted by atomic mass is 16.7. The summed E-state index contributed by atoms with van der Waals surface area (Å²) in [6, 6.07) is -0.943. The van der Waals surface area contributed by atoms with Gasteiger partial charge in [-0.25, -0.2) is 0 Å². The molecule has 1 amide bonds. The second-order valence-corrected chi connectivity index (χ2v) is 25.3. The summed E-state index contributed by atoms with van der Waals surface area (Å²) in [5.41, 5.74) is 0. The maximum atomic E-state index is 13.3. The molecule has 0 spiro atoms. The zero-order valence-electron chi connectivity index (χ0n) is 56.2. The Bertz CT molecular complexity index is 1820. The third kappa shape index (κ3) is 42.9. The molecule has 2 heterocycles. The number of allylic oxidation sites excluding steroid dienone is 13. The van der Waals surface area contributed by atoms with Gasteiger partial charge in [0.05, 0.1) is 32.0 Å². The van der Waals surface area contributed by atoms with Gasteiger partial charge in [-0.1, -0.05) is 285 Å². The third-order valence-corrected chi connectivity index (χ3v) is 17.3. The summed E-state index contributed by atoms with van der Waals surface area (Å²) in [6.45, 7) is 2.69. The second kappa shape index (κ2) is 59.0. The van der Waals surface area contributed by atoms with E-state index in [-0.39, 0.29) is 18.9 Å². The number of hydrogen-bond acceptors (Lipinski definition) is 13. The molecule has 9 N–H and O–H groups in total. The monoisotopic (exact) mass is 1260 g/mol. The van der Waals surface area contributed by atoms with Crippen molar-refractivity contribution in [1.82, 2.24) is 5.32 Å². The van der Waals surface area contributed by atoms with E-state index in [1.807, 2.05) is 6.08 Å². The van der Waals surface area contributed by atoms with Gasteiger partial charge >= 0.3 is 0 Å². The van der Waals surface area contributed by atoms with Crippen LogP contribution in [0.5, 0.6) is 0 Å². The molecule has 0 aromatic rings. The Hall–Kier alpha value is -2.83. The second-order valence-electron chi connectivity index (χ2n) is 25.3. The average Bonchev–Trinajstić information content (AvgIpc) is 2.51. The Balaban J connectivity index is 1.69. The van der Waals surface area contributed by atoms with Gasteiger partial charge in [-0.2, -0.15) is 0 Å². The van der Waals surface area contributed by atoms with Crippen LogP contribution in [0.4, 0.5) is 0 Å². The molecule has 516 valence electrons. The molecular formula is C75H133NO13. The number of unbranched alkanes of at least 4 members (excludes halogenated alkanes) is 34. The van der Waals surface area contributed by atoms with Crippen LogP contribution in [0.1, 0.15) is 290 Å². The number of aliphatic hydroxyl groups excluding tert-OH is 8. The summed E-state index contributed by atoms with van der Waals surface area (Å²) in [4.78, 5) is 13.3. The Morgan fingerprint density at radius 3 is 1.24 bits per heavy atom. The topological polar surface area (TPSA) is 228 Å². The first-order valence-corrected chi connectivity index (χ1v) is 36.3. The van der Waals surface area contributed by atoms with Crippen LogP contribution in [-0.4, -0.2) is 140 Å². The first-order chi connectivity index (χ1) is 43.6. The molecule has 0 aromatic carbocycles. The molecule has 0 saturated carbocycles. The van der Waals surface area contributed by atoms with Crippen molar-refractivity contribution in [3.63, 3.8) is 0 Å².